The summed E-state index contributed by atoms with van der Waals surface area (Å²) in [7, 11) is -6.86. The second kappa shape index (κ2) is 5.51. The van der Waals surface area contributed by atoms with Gasteiger partial charge in [-0.15, -0.1) is 11.3 Å². The molecule has 0 spiro atoms. The zero-order valence-electron chi connectivity index (χ0n) is 10.6. The van der Waals surface area contributed by atoms with Gasteiger partial charge in [0.15, 0.2) is 19.7 Å². The Balaban J connectivity index is 2.31. The number of nitrogens with one attached hydrogen (secondary N) is 1. The molecule has 0 aliphatic carbocycles. The predicted octanol–water partition coefficient (Wildman–Crippen LogP) is 0.687. The van der Waals surface area contributed by atoms with Crippen molar-refractivity contribution in [3.05, 3.63) is 17.5 Å². The third-order valence-corrected chi connectivity index (χ3v) is 8.71. The number of rotatable bonds is 5. The van der Waals surface area contributed by atoms with E-state index in [1.807, 2.05) is 6.92 Å². The summed E-state index contributed by atoms with van der Waals surface area (Å²) in [5.74, 6) is -0.378. The fourth-order valence-electron chi connectivity index (χ4n) is 2.22. The molecule has 5 nitrogen and oxygen atoms in total. The monoisotopic (exact) mass is 323 g/mol. The van der Waals surface area contributed by atoms with Crippen LogP contribution in [0.1, 0.15) is 13.3 Å². The first-order valence-corrected chi connectivity index (χ1v) is 10.3. The summed E-state index contributed by atoms with van der Waals surface area (Å²) in [5, 5.41) is 3.86. The third-order valence-electron chi connectivity index (χ3n) is 3.13. The molecule has 108 valence electrons. The number of hydrogen-bond donors (Lipinski definition) is 1. The topological polar surface area (TPSA) is 80.3 Å². The van der Waals surface area contributed by atoms with Crippen LogP contribution in [0.3, 0.4) is 0 Å². The minimum Gasteiger partial charge on any atom is -0.312 e. The van der Waals surface area contributed by atoms with Gasteiger partial charge in [-0.25, -0.2) is 16.8 Å². The van der Waals surface area contributed by atoms with Gasteiger partial charge in [-0.05, 0) is 24.4 Å². The lowest BCUT2D eigenvalue weighted by Gasteiger charge is -2.18. The van der Waals surface area contributed by atoms with E-state index in [-0.39, 0.29) is 15.7 Å². The summed E-state index contributed by atoms with van der Waals surface area (Å²) in [6.07, 6.45) is 0.836. The molecule has 1 aliphatic heterocycles. The first kappa shape index (κ1) is 15.0. The summed E-state index contributed by atoms with van der Waals surface area (Å²) in [4.78, 5) is 0. The molecule has 0 bridgehead atoms. The van der Waals surface area contributed by atoms with E-state index in [4.69, 9.17) is 0 Å². The second-order valence-electron chi connectivity index (χ2n) is 4.65. The molecule has 0 radical (unpaired) electrons. The zero-order chi connectivity index (χ0) is 14.1. The highest BCUT2D eigenvalue weighted by Crippen LogP contribution is 2.28. The third kappa shape index (κ3) is 3.18. The summed E-state index contributed by atoms with van der Waals surface area (Å²) < 4.78 is 48.6. The lowest BCUT2D eigenvalue weighted by atomic mass is 10.2. The Morgan fingerprint density at radius 3 is 2.74 bits per heavy atom. The van der Waals surface area contributed by atoms with Crippen molar-refractivity contribution in [2.45, 2.75) is 28.8 Å². The van der Waals surface area contributed by atoms with E-state index < -0.39 is 31.0 Å². The highest BCUT2D eigenvalue weighted by atomic mass is 32.2. The van der Waals surface area contributed by atoms with Crippen molar-refractivity contribution in [3.63, 3.8) is 0 Å². The van der Waals surface area contributed by atoms with E-state index in [2.05, 4.69) is 5.32 Å². The van der Waals surface area contributed by atoms with E-state index in [0.29, 0.717) is 6.54 Å². The molecule has 0 amide bonds. The first-order valence-electron chi connectivity index (χ1n) is 6.08. The van der Waals surface area contributed by atoms with Crippen LogP contribution in [-0.2, 0) is 19.7 Å². The van der Waals surface area contributed by atoms with Gasteiger partial charge in [-0.1, -0.05) is 13.0 Å². The first-order chi connectivity index (χ1) is 8.87. The zero-order valence-corrected chi connectivity index (χ0v) is 13.0. The number of hydrogen-bond acceptors (Lipinski definition) is 6. The Bertz CT molecular complexity index is 619. The van der Waals surface area contributed by atoms with Gasteiger partial charge in [0.05, 0.1) is 16.8 Å². The van der Waals surface area contributed by atoms with E-state index in [0.717, 1.165) is 17.8 Å². The van der Waals surface area contributed by atoms with Crippen LogP contribution in [0.2, 0.25) is 0 Å². The van der Waals surface area contributed by atoms with Gasteiger partial charge < -0.3 is 5.32 Å². The van der Waals surface area contributed by atoms with E-state index >= 15 is 0 Å². The summed E-state index contributed by atoms with van der Waals surface area (Å²) in [6, 6.07) is 2.69. The van der Waals surface area contributed by atoms with Crippen LogP contribution in [0.25, 0.3) is 0 Å². The van der Waals surface area contributed by atoms with Crippen molar-refractivity contribution >= 4 is 31.0 Å². The maximum Gasteiger partial charge on any atom is 0.193 e. The lowest BCUT2D eigenvalue weighted by Crippen LogP contribution is -2.43. The van der Waals surface area contributed by atoms with E-state index in [1.54, 1.807) is 11.4 Å². The molecule has 2 rings (SSSR count). The molecule has 2 atom stereocenters. The van der Waals surface area contributed by atoms with E-state index in [9.17, 15) is 16.8 Å². The van der Waals surface area contributed by atoms with Crippen molar-refractivity contribution in [1.82, 2.24) is 5.32 Å². The molecule has 1 aromatic heterocycles. The van der Waals surface area contributed by atoms with Crippen molar-refractivity contribution < 1.29 is 16.8 Å². The maximum atomic E-state index is 12.5. The Kier molecular flexibility index (Phi) is 4.34. The van der Waals surface area contributed by atoms with Gasteiger partial charge in [0.25, 0.3) is 0 Å². The molecule has 2 unspecified atom stereocenters. The molecular weight excluding hydrogens is 306 g/mol. The number of sulfone groups is 2. The minimum absolute atomic E-state index is 0.0950. The summed E-state index contributed by atoms with van der Waals surface area (Å²) >= 11 is 1.13. The minimum atomic E-state index is -3.57. The van der Waals surface area contributed by atoms with Crippen molar-refractivity contribution in [3.8, 4) is 0 Å². The smallest absolute Gasteiger partial charge is 0.193 e. The quantitative estimate of drug-likeness (QED) is 0.862. The molecule has 8 heteroatoms. The van der Waals surface area contributed by atoms with Crippen molar-refractivity contribution in [2.75, 3.05) is 18.1 Å². The second-order valence-corrected chi connectivity index (χ2v) is 10.1. The predicted molar refractivity (Wildman–Crippen MR) is 76.0 cm³/mol. The van der Waals surface area contributed by atoms with Crippen LogP contribution < -0.4 is 5.32 Å². The van der Waals surface area contributed by atoms with Gasteiger partial charge >= 0.3 is 0 Å². The van der Waals surface area contributed by atoms with Crippen molar-refractivity contribution in [2.24, 2.45) is 0 Å². The van der Waals surface area contributed by atoms with Gasteiger partial charge in [0.2, 0.25) is 0 Å². The maximum absolute atomic E-state index is 12.5. The van der Waals surface area contributed by atoms with Crippen molar-refractivity contribution in [1.29, 1.82) is 0 Å². The lowest BCUT2D eigenvalue weighted by molar-refractivity contribution is 0.526. The van der Waals surface area contributed by atoms with Crippen LogP contribution in [0.4, 0.5) is 0 Å². The Hall–Kier alpha value is -0.440. The highest BCUT2D eigenvalue weighted by molar-refractivity contribution is 7.97. The molecular formula is C11H17NO4S3. The number of thiophene rings is 1. The molecule has 1 N–H and O–H groups in total. The van der Waals surface area contributed by atoms with Gasteiger partial charge in [0.1, 0.15) is 4.21 Å². The van der Waals surface area contributed by atoms with Gasteiger partial charge in [0, 0.05) is 6.04 Å². The fourth-order valence-corrected chi connectivity index (χ4v) is 8.16. The van der Waals surface area contributed by atoms with Gasteiger partial charge in [-0.2, -0.15) is 0 Å². The SMILES string of the molecule is CCCNC1CS(=O)(=O)CC1S(=O)(=O)c1cccs1. The summed E-state index contributed by atoms with van der Waals surface area (Å²) in [6.45, 7) is 2.58. The van der Waals surface area contributed by atoms with Crippen LogP contribution >= 0.6 is 11.3 Å². The molecule has 0 saturated carbocycles. The molecule has 1 aliphatic rings. The molecule has 1 saturated heterocycles. The highest BCUT2D eigenvalue weighted by Gasteiger charge is 2.45. The normalized spacial score (nSPS) is 26.6. The summed E-state index contributed by atoms with van der Waals surface area (Å²) in [5.41, 5.74) is 0. The molecule has 0 aromatic carbocycles. The Labute approximate surface area is 117 Å². The average Bonchev–Trinajstić information content (AvgIpc) is 2.94. The fraction of sp³-hybridized carbons (Fsp3) is 0.636. The standard InChI is InChI=1S/C11H17NO4S3/c1-2-5-12-9-7-18(13,14)8-10(9)19(15,16)11-4-3-6-17-11/h3-4,6,9-10,12H,2,5,7-8H2,1H3. The molecule has 1 aromatic rings. The van der Waals surface area contributed by atoms with Crippen LogP contribution in [0, 0.1) is 0 Å². The van der Waals surface area contributed by atoms with Crippen LogP contribution in [0.5, 0.6) is 0 Å². The van der Waals surface area contributed by atoms with Crippen LogP contribution in [0.15, 0.2) is 21.7 Å². The molecule has 19 heavy (non-hydrogen) atoms. The average molecular weight is 323 g/mol. The molecule has 1 fully saturated rings. The Morgan fingerprint density at radius 2 is 2.16 bits per heavy atom. The Morgan fingerprint density at radius 1 is 1.42 bits per heavy atom. The van der Waals surface area contributed by atoms with Gasteiger partial charge in [-0.3, -0.25) is 0 Å². The van der Waals surface area contributed by atoms with Crippen LogP contribution in [-0.4, -0.2) is 46.2 Å². The largest absolute Gasteiger partial charge is 0.312 e. The van der Waals surface area contributed by atoms with E-state index in [1.165, 1.54) is 6.07 Å². The molecule has 2 heterocycles.